The fourth-order valence-electron chi connectivity index (χ4n) is 3.20. The summed E-state index contributed by atoms with van der Waals surface area (Å²) in [7, 11) is 0. The van der Waals surface area contributed by atoms with Gasteiger partial charge >= 0.3 is 0 Å². The number of hydrogen-bond acceptors (Lipinski definition) is 3. The first kappa shape index (κ1) is 17.4. The first-order chi connectivity index (χ1) is 13.0. The van der Waals surface area contributed by atoms with Crippen molar-refractivity contribution in [3.8, 4) is 11.3 Å². The molecule has 0 amide bonds. The molecule has 0 aliphatic rings. The van der Waals surface area contributed by atoms with Gasteiger partial charge < -0.3 is 4.42 Å². The summed E-state index contributed by atoms with van der Waals surface area (Å²) in [5, 5.41) is 0.714. The van der Waals surface area contributed by atoms with Gasteiger partial charge in [-0.1, -0.05) is 18.2 Å². The van der Waals surface area contributed by atoms with E-state index in [9.17, 15) is 14.0 Å². The Balaban J connectivity index is 1.81. The summed E-state index contributed by atoms with van der Waals surface area (Å²) in [6, 6.07) is 14.7. The summed E-state index contributed by atoms with van der Waals surface area (Å²) < 4.78 is 21.0. The van der Waals surface area contributed by atoms with Crippen LogP contribution in [0.3, 0.4) is 0 Å². The Morgan fingerprint density at radius 2 is 1.93 bits per heavy atom. The third-order valence-corrected chi connectivity index (χ3v) is 5.15. The molecule has 2 aromatic heterocycles. The van der Waals surface area contributed by atoms with Crippen molar-refractivity contribution < 1.29 is 18.4 Å². The van der Waals surface area contributed by atoms with Gasteiger partial charge in [-0.25, -0.2) is 4.39 Å². The third kappa shape index (κ3) is 2.82. The Labute approximate surface area is 162 Å². The predicted octanol–water partition coefficient (Wildman–Crippen LogP) is 5.61. The van der Waals surface area contributed by atoms with E-state index in [2.05, 4.69) is 15.9 Å². The molecule has 4 rings (SSSR count). The monoisotopic (exact) mass is 425 g/mol. The molecule has 0 saturated carbocycles. The Morgan fingerprint density at radius 1 is 1.15 bits per heavy atom. The van der Waals surface area contributed by atoms with Crippen LogP contribution in [0.4, 0.5) is 4.39 Å². The molecule has 0 aliphatic carbocycles. The molecule has 0 bridgehead atoms. The molecule has 0 aliphatic heterocycles. The minimum absolute atomic E-state index is 0.127. The molecule has 27 heavy (non-hydrogen) atoms. The molecule has 2 heterocycles. The van der Waals surface area contributed by atoms with Crippen molar-refractivity contribution in [1.82, 2.24) is 4.57 Å². The predicted molar refractivity (Wildman–Crippen MR) is 104 cm³/mol. The molecule has 0 atom stereocenters. The van der Waals surface area contributed by atoms with Crippen molar-refractivity contribution in [3.05, 3.63) is 81.9 Å². The number of aromatic nitrogens is 1. The Bertz CT molecular complexity index is 1210. The van der Waals surface area contributed by atoms with E-state index in [0.29, 0.717) is 38.0 Å². The van der Waals surface area contributed by atoms with Gasteiger partial charge in [0.15, 0.2) is 12.0 Å². The van der Waals surface area contributed by atoms with Crippen LogP contribution in [0.5, 0.6) is 0 Å². The number of carbonyl (C=O) groups is 2. The fourth-order valence-corrected chi connectivity index (χ4v) is 3.75. The Morgan fingerprint density at radius 3 is 2.67 bits per heavy atom. The maximum Gasteiger partial charge on any atom is 0.298 e. The van der Waals surface area contributed by atoms with Crippen molar-refractivity contribution in [1.29, 1.82) is 0 Å². The molecule has 4 aromatic rings. The second-order valence-corrected chi connectivity index (χ2v) is 6.92. The van der Waals surface area contributed by atoms with E-state index in [0.717, 1.165) is 6.29 Å². The van der Waals surface area contributed by atoms with Crippen molar-refractivity contribution in [3.63, 3.8) is 0 Å². The highest BCUT2D eigenvalue weighted by molar-refractivity contribution is 9.10. The van der Waals surface area contributed by atoms with Crippen molar-refractivity contribution in [2.45, 2.75) is 6.92 Å². The van der Waals surface area contributed by atoms with Gasteiger partial charge in [0, 0.05) is 26.7 Å². The lowest BCUT2D eigenvalue weighted by atomic mass is 10.1. The van der Waals surface area contributed by atoms with E-state index >= 15 is 0 Å². The van der Waals surface area contributed by atoms with Crippen LogP contribution in [-0.2, 0) is 0 Å². The maximum atomic E-state index is 13.3. The van der Waals surface area contributed by atoms with Crippen LogP contribution in [0.25, 0.3) is 22.2 Å². The van der Waals surface area contributed by atoms with Crippen LogP contribution in [0, 0.1) is 12.7 Å². The zero-order valence-electron chi connectivity index (χ0n) is 14.2. The van der Waals surface area contributed by atoms with Crippen molar-refractivity contribution in [2.24, 2.45) is 0 Å². The average molecular weight is 426 g/mol. The topological polar surface area (TPSA) is 52.2 Å². The van der Waals surface area contributed by atoms with Crippen LogP contribution in [0.1, 0.15) is 26.6 Å². The zero-order valence-corrected chi connectivity index (χ0v) is 15.8. The summed E-state index contributed by atoms with van der Waals surface area (Å²) >= 11 is 3.30. The second-order valence-electron chi connectivity index (χ2n) is 6.06. The summed E-state index contributed by atoms with van der Waals surface area (Å²) in [5.74, 6) is -0.178. The van der Waals surface area contributed by atoms with Gasteiger partial charge in [-0.15, -0.1) is 0 Å². The number of benzene rings is 2. The summed E-state index contributed by atoms with van der Waals surface area (Å²) in [4.78, 5) is 24.6. The van der Waals surface area contributed by atoms with E-state index in [-0.39, 0.29) is 17.5 Å². The standard InChI is InChI=1S/C21H13BrFNO3/c1-12-16(11-25)14-4-2-3-5-18(14)24(12)21(26)20-9-8-19(27-20)15-7-6-13(23)10-17(15)22/h2-11H,1H3. The van der Waals surface area contributed by atoms with Crippen LogP contribution in [-0.4, -0.2) is 16.8 Å². The largest absolute Gasteiger partial charge is 0.451 e. The molecule has 134 valence electrons. The first-order valence-corrected chi connectivity index (χ1v) is 8.95. The number of para-hydroxylation sites is 1. The highest BCUT2D eigenvalue weighted by Gasteiger charge is 2.22. The third-order valence-electron chi connectivity index (χ3n) is 4.49. The maximum absolute atomic E-state index is 13.3. The molecule has 4 nitrogen and oxygen atoms in total. The molecular formula is C21H13BrFNO3. The van der Waals surface area contributed by atoms with Gasteiger partial charge in [0.05, 0.1) is 5.52 Å². The number of aldehydes is 1. The normalized spacial score (nSPS) is 11.1. The summed E-state index contributed by atoms with van der Waals surface area (Å²) in [5.41, 5.74) is 2.31. The minimum atomic E-state index is -0.374. The number of fused-ring (bicyclic) bond motifs is 1. The quantitative estimate of drug-likeness (QED) is 0.400. The molecule has 0 N–H and O–H groups in total. The molecule has 0 unspecified atom stereocenters. The number of nitrogens with zero attached hydrogens (tertiary/aromatic N) is 1. The van der Waals surface area contributed by atoms with E-state index in [1.165, 1.54) is 16.7 Å². The highest BCUT2D eigenvalue weighted by Crippen LogP contribution is 2.31. The average Bonchev–Trinajstić information content (AvgIpc) is 3.23. The molecular weight excluding hydrogens is 413 g/mol. The van der Waals surface area contributed by atoms with Crippen molar-refractivity contribution in [2.75, 3.05) is 0 Å². The SMILES string of the molecule is Cc1c(C=O)c2ccccc2n1C(=O)c1ccc(-c2ccc(F)cc2Br)o1. The molecule has 2 aromatic carbocycles. The lowest BCUT2D eigenvalue weighted by Crippen LogP contribution is -2.12. The summed E-state index contributed by atoms with van der Waals surface area (Å²) in [6.45, 7) is 1.72. The van der Waals surface area contributed by atoms with Crippen LogP contribution < -0.4 is 0 Å². The summed E-state index contributed by atoms with van der Waals surface area (Å²) in [6.07, 6.45) is 0.755. The number of carbonyl (C=O) groups excluding carboxylic acids is 2. The number of halogens is 2. The van der Waals surface area contributed by atoms with E-state index in [1.807, 2.05) is 12.1 Å². The molecule has 0 radical (unpaired) electrons. The molecule has 0 saturated heterocycles. The lowest BCUT2D eigenvalue weighted by molar-refractivity contribution is 0.0936. The molecule has 0 fully saturated rings. The van der Waals surface area contributed by atoms with Crippen molar-refractivity contribution >= 4 is 39.0 Å². The highest BCUT2D eigenvalue weighted by atomic mass is 79.9. The van der Waals surface area contributed by atoms with E-state index in [1.54, 1.807) is 37.3 Å². The van der Waals surface area contributed by atoms with Crippen LogP contribution in [0.2, 0.25) is 0 Å². The first-order valence-electron chi connectivity index (χ1n) is 8.16. The number of rotatable bonds is 3. The van der Waals surface area contributed by atoms with Gasteiger partial charge in [-0.05, 0) is 59.3 Å². The minimum Gasteiger partial charge on any atom is -0.451 e. The molecule has 6 heteroatoms. The molecule has 0 spiro atoms. The lowest BCUT2D eigenvalue weighted by Gasteiger charge is -2.05. The smallest absolute Gasteiger partial charge is 0.298 e. The number of hydrogen-bond donors (Lipinski definition) is 0. The Kier molecular flexibility index (Phi) is 4.28. The van der Waals surface area contributed by atoms with Crippen LogP contribution in [0.15, 0.2) is 63.5 Å². The van der Waals surface area contributed by atoms with Gasteiger partial charge in [-0.3, -0.25) is 14.2 Å². The zero-order chi connectivity index (χ0) is 19.1. The van der Waals surface area contributed by atoms with Gasteiger partial charge in [0.2, 0.25) is 0 Å². The Hall–Kier alpha value is -2.99. The number of furan rings is 1. The second kappa shape index (κ2) is 6.63. The van der Waals surface area contributed by atoms with E-state index in [4.69, 9.17) is 4.42 Å². The van der Waals surface area contributed by atoms with Crippen LogP contribution >= 0.6 is 15.9 Å². The van der Waals surface area contributed by atoms with Gasteiger partial charge in [-0.2, -0.15) is 0 Å². The van der Waals surface area contributed by atoms with Gasteiger partial charge in [0.1, 0.15) is 11.6 Å². The van der Waals surface area contributed by atoms with E-state index < -0.39 is 0 Å². The van der Waals surface area contributed by atoms with Gasteiger partial charge in [0.25, 0.3) is 5.91 Å². The fraction of sp³-hybridized carbons (Fsp3) is 0.0476.